The molecule has 1 N–H and O–H groups in total. The third kappa shape index (κ3) is 3.26. The molecule has 0 unspecified atom stereocenters. The summed E-state index contributed by atoms with van der Waals surface area (Å²) in [4.78, 5) is 14.2. The maximum Gasteiger partial charge on any atom is 0.270 e. The topological polar surface area (TPSA) is 37.3 Å². The molecule has 4 nitrogen and oxygen atoms in total. The van der Waals surface area contributed by atoms with Crippen molar-refractivity contribution in [2.45, 2.75) is 25.8 Å². The zero-order valence-electron chi connectivity index (χ0n) is 11.9. The molecule has 2 heterocycles. The van der Waals surface area contributed by atoms with E-state index in [1.807, 2.05) is 32.3 Å². The first-order chi connectivity index (χ1) is 9.09. The second-order valence-corrected chi connectivity index (χ2v) is 5.40. The fourth-order valence-electron chi connectivity index (χ4n) is 2.65. The molecule has 0 saturated carbocycles. The van der Waals surface area contributed by atoms with Crippen LogP contribution < -0.4 is 5.32 Å². The number of nitrogens with one attached hydrogen (secondary N) is 1. The molecular weight excluding hydrogens is 238 g/mol. The number of likely N-dealkylation sites (N-methyl/N-ethyl adjacent to an activating group) is 1. The second kappa shape index (κ2) is 6.06. The van der Waals surface area contributed by atoms with Crippen LogP contribution in [0.1, 0.15) is 36.3 Å². The van der Waals surface area contributed by atoms with Gasteiger partial charge in [-0.25, -0.2) is 0 Å². The summed E-state index contributed by atoms with van der Waals surface area (Å²) in [6.45, 7) is 8.46. The lowest BCUT2D eigenvalue weighted by Gasteiger charge is -2.27. The third-order valence-electron chi connectivity index (χ3n) is 3.55. The van der Waals surface area contributed by atoms with E-state index in [1.165, 1.54) is 0 Å². The van der Waals surface area contributed by atoms with Gasteiger partial charge in [0.15, 0.2) is 0 Å². The van der Waals surface area contributed by atoms with Gasteiger partial charge in [0.2, 0.25) is 0 Å². The zero-order chi connectivity index (χ0) is 13.8. The van der Waals surface area contributed by atoms with E-state index in [4.69, 9.17) is 0 Å². The molecule has 0 spiro atoms. The quantitative estimate of drug-likeness (QED) is 0.842. The van der Waals surface area contributed by atoms with Crippen molar-refractivity contribution in [3.63, 3.8) is 0 Å². The van der Waals surface area contributed by atoms with E-state index in [0.717, 1.165) is 37.2 Å². The molecule has 1 saturated heterocycles. The van der Waals surface area contributed by atoms with Gasteiger partial charge < -0.3 is 14.8 Å². The smallest absolute Gasteiger partial charge is 0.270 e. The highest BCUT2D eigenvalue weighted by Crippen LogP contribution is 2.22. The van der Waals surface area contributed by atoms with E-state index in [1.54, 1.807) is 4.90 Å². The summed E-state index contributed by atoms with van der Waals surface area (Å²) < 4.78 is 2.14. The average Bonchev–Trinajstić information content (AvgIpc) is 2.87. The van der Waals surface area contributed by atoms with Gasteiger partial charge in [0.05, 0.1) is 0 Å². The van der Waals surface area contributed by atoms with Crippen molar-refractivity contribution >= 4 is 5.91 Å². The number of piperidine rings is 1. The number of rotatable bonds is 4. The molecule has 2 rings (SSSR count). The highest BCUT2D eigenvalue weighted by atomic mass is 16.2. The minimum atomic E-state index is 0.0755. The van der Waals surface area contributed by atoms with E-state index >= 15 is 0 Å². The van der Waals surface area contributed by atoms with E-state index in [0.29, 0.717) is 12.6 Å². The number of aromatic nitrogens is 1. The average molecular weight is 261 g/mol. The van der Waals surface area contributed by atoms with E-state index in [2.05, 4.69) is 16.5 Å². The lowest BCUT2D eigenvalue weighted by Crippen LogP contribution is -2.33. The number of hydrogen-bond donors (Lipinski definition) is 1. The van der Waals surface area contributed by atoms with Gasteiger partial charge in [0.1, 0.15) is 5.69 Å². The maximum atomic E-state index is 12.5. The Kier molecular flexibility index (Phi) is 4.43. The molecule has 1 aliphatic rings. The molecule has 1 fully saturated rings. The van der Waals surface area contributed by atoms with Crippen LogP contribution in [0, 0.1) is 0 Å². The van der Waals surface area contributed by atoms with Crippen LogP contribution in [-0.2, 0) is 0 Å². The van der Waals surface area contributed by atoms with Crippen molar-refractivity contribution in [1.29, 1.82) is 0 Å². The predicted molar refractivity (Wildman–Crippen MR) is 77.3 cm³/mol. The molecule has 0 aliphatic carbocycles. The summed E-state index contributed by atoms with van der Waals surface area (Å²) in [6, 6.07) is 4.32. The predicted octanol–water partition coefficient (Wildman–Crippen LogP) is 2.06. The fraction of sp³-hybridized carbons (Fsp3) is 0.533. The first-order valence-corrected chi connectivity index (χ1v) is 6.87. The van der Waals surface area contributed by atoms with E-state index in [-0.39, 0.29) is 5.91 Å². The Morgan fingerprint density at radius 3 is 2.84 bits per heavy atom. The first kappa shape index (κ1) is 13.9. The van der Waals surface area contributed by atoms with Crippen LogP contribution in [0.2, 0.25) is 0 Å². The van der Waals surface area contributed by atoms with E-state index in [9.17, 15) is 4.79 Å². The van der Waals surface area contributed by atoms with Crippen LogP contribution in [-0.4, -0.2) is 42.1 Å². The number of carbonyl (C=O) groups is 1. The largest absolute Gasteiger partial charge is 0.340 e. The number of nitrogens with zero attached hydrogens (tertiary/aromatic N) is 2. The number of carbonyl (C=O) groups excluding carboxylic acids is 1. The Balaban J connectivity index is 2.14. The summed E-state index contributed by atoms with van der Waals surface area (Å²) in [5.74, 6) is 0.0755. The lowest BCUT2D eigenvalue weighted by atomic mass is 10.1. The molecule has 0 radical (unpaired) electrons. The van der Waals surface area contributed by atoms with Gasteiger partial charge in [-0.05, 0) is 45.0 Å². The van der Waals surface area contributed by atoms with Crippen molar-refractivity contribution in [2.75, 3.05) is 26.7 Å². The zero-order valence-corrected chi connectivity index (χ0v) is 11.9. The summed E-state index contributed by atoms with van der Waals surface area (Å²) in [6.07, 6.45) is 4.19. The van der Waals surface area contributed by atoms with Gasteiger partial charge in [-0.2, -0.15) is 0 Å². The van der Waals surface area contributed by atoms with Crippen molar-refractivity contribution < 1.29 is 4.79 Å². The first-order valence-electron chi connectivity index (χ1n) is 6.87. The normalized spacial score (nSPS) is 16.3. The highest BCUT2D eigenvalue weighted by molar-refractivity contribution is 5.92. The van der Waals surface area contributed by atoms with Gasteiger partial charge in [0.25, 0.3) is 5.91 Å². The fourth-order valence-corrected chi connectivity index (χ4v) is 2.65. The Labute approximate surface area is 115 Å². The summed E-state index contributed by atoms with van der Waals surface area (Å²) in [5.41, 5.74) is 1.78. The van der Waals surface area contributed by atoms with Crippen molar-refractivity contribution in [1.82, 2.24) is 14.8 Å². The molecule has 1 aromatic rings. The monoisotopic (exact) mass is 261 g/mol. The molecular formula is C15H23N3O. The minimum Gasteiger partial charge on any atom is -0.340 e. The molecule has 1 amide bonds. The SMILES string of the molecule is C=C(C)CN(C)C(=O)c1cccn1C1CCNCC1. The minimum absolute atomic E-state index is 0.0755. The highest BCUT2D eigenvalue weighted by Gasteiger charge is 2.21. The van der Waals surface area contributed by atoms with Crippen LogP contribution in [0.4, 0.5) is 0 Å². The molecule has 104 valence electrons. The molecule has 0 atom stereocenters. The van der Waals surface area contributed by atoms with Crippen LogP contribution in [0.3, 0.4) is 0 Å². The van der Waals surface area contributed by atoms with Crippen molar-refractivity contribution in [3.05, 3.63) is 36.2 Å². The molecule has 4 heteroatoms. The summed E-state index contributed by atoms with van der Waals surface area (Å²) in [5, 5.41) is 3.35. The van der Waals surface area contributed by atoms with Crippen LogP contribution in [0.25, 0.3) is 0 Å². The summed E-state index contributed by atoms with van der Waals surface area (Å²) in [7, 11) is 1.83. The van der Waals surface area contributed by atoms with Crippen molar-refractivity contribution in [2.24, 2.45) is 0 Å². The lowest BCUT2D eigenvalue weighted by molar-refractivity contribution is 0.0792. The molecule has 19 heavy (non-hydrogen) atoms. The second-order valence-electron chi connectivity index (χ2n) is 5.40. The summed E-state index contributed by atoms with van der Waals surface area (Å²) >= 11 is 0. The van der Waals surface area contributed by atoms with Crippen LogP contribution in [0.15, 0.2) is 30.5 Å². The maximum absolute atomic E-state index is 12.5. The van der Waals surface area contributed by atoms with Gasteiger partial charge in [-0.15, -0.1) is 0 Å². The molecule has 1 aliphatic heterocycles. The molecule has 0 aromatic carbocycles. The Morgan fingerprint density at radius 1 is 1.53 bits per heavy atom. The van der Waals surface area contributed by atoms with Crippen molar-refractivity contribution in [3.8, 4) is 0 Å². The number of hydrogen-bond acceptors (Lipinski definition) is 2. The van der Waals surface area contributed by atoms with Gasteiger partial charge in [-0.1, -0.05) is 12.2 Å². The number of amides is 1. The molecule has 0 bridgehead atoms. The van der Waals surface area contributed by atoms with Gasteiger partial charge >= 0.3 is 0 Å². The van der Waals surface area contributed by atoms with Gasteiger partial charge in [0, 0.05) is 25.8 Å². The van der Waals surface area contributed by atoms with Gasteiger partial charge in [-0.3, -0.25) is 4.79 Å². The van der Waals surface area contributed by atoms with E-state index < -0.39 is 0 Å². The van der Waals surface area contributed by atoms with Crippen LogP contribution in [0.5, 0.6) is 0 Å². The standard InChI is InChI=1S/C15H23N3O/c1-12(2)11-17(3)15(19)14-5-4-10-18(14)13-6-8-16-9-7-13/h4-5,10,13,16H,1,6-9,11H2,2-3H3. The Morgan fingerprint density at radius 2 is 2.21 bits per heavy atom. The third-order valence-corrected chi connectivity index (χ3v) is 3.55. The van der Waals surface area contributed by atoms with Crippen LogP contribution >= 0.6 is 0 Å². The Bertz CT molecular complexity index is 458. The Hall–Kier alpha value is -1.55. The molecule has 1 aromatic heterocycles.